The third kappa shape index (κ3) is 4.98. The van der Waals surface area contributed by atoms with E-state index in [2.05, 4.69) is 5.32 Å². The highest BCUT2D eigenvalue weighted by Gasteiger charge is 2.34. The maximum atomic E-state index is 12.4. The fourth-order valence-electron chi connectivity index (χ4n) is 3.52. The number of fused-ring (bicyclic) bond motifs is 1. The molecule has 0 atom stereocenters. The van der Waals surface area contributed by atoms with Gasteiger partial charge >= 0.3 is 5.97 Å². The molecule has 1 aliphatic rings. The summed E-state index contributed by atoms with van der Waals surface area (Å²) in [6, 6.07) is 20.4. The van der Waals surface area contributed by atoms with E-state index in [0.29, 0.717) is 34.5 Å². The lowest BCUT2D eigenvalue weighted by Crippen LogP contribution is -2.31. The lowest BCUT2D eigenvalue weighted by atomic mass is 10.1. The maximum Gasteiger partial charge on any atom is 0.311 e. The van der Waals surface area contributed by atoms with Gasteiger partial charge in [0.1, 0.15) is 5.75 Å². The third-order valence-corrected chi connectivity index (χ3v) is 5.30. The van der Waals surface area contributed by atoms with Crippen molar-refractivity contribution in [1.82, 2.24) is 4.90 Å². The Hall–Kier alpha value is -4.26. The molecule has 1 aliphatic heterocycles. The number of benzene rings is 3. The van der Waals surface area contributed by atoms with E-state index in [1.54, 1.807) is 48.5 Å². The van der Waals surface area contributed by atoms with Crippen molar-refractivity contribution in [3.8, 4) is 5.75 Å². The highest BCUT2D eigenvalue weighted by atomic mass is 16.5. The summed E-state index contributed by atoms with van der Waals surface area (Å²) >= 11 is 0. The molecule has 4 rings (SSSR count). The third-order valence-electron chi connectivity index (χ3n) is 5.30. The first-order chi connectivity index (χ1) is 15.9. The highest BCUT2D eigenvalue weighted by molar-refractivity contribution is 6.21. The van der Waals surface area contributed by atoms with Gasteiger partial charge in [0, 0.05) is 24.2 Å². The molecule has 0 aliphatic carbocycles. The summed E-state index contributed by atoms with van der Waals surface area (Å²) in [4.78, 5) is 50.4. The molecular formula is C26H22N2O5. The number of nitrogens with zero attached hydrogens (tertiary/aromatic N) is 1. The van der Waals surface area contributed by atoms with Gasteiger partial charge in [0.2, 0.25) is 0 Å². The van der Waals surface area contributed by atoms with Crippen molar-refractivity contribution in [1.29, 1.82) is 0 Å². The molecule has 0 aromatic heterocycles. The average molecular weight is 442 g/mol. The van der Waals surface area contributed by atoms with Crippen LogP contribution in [0.25, 0.3) is 0 Å². The van der Waals surface area contributed by atoms with E-state index in [0.717, 1.165) is 10.5 Å². The lowest BCUT2D eigenvalue weighted by Gasteiger charge is -2.13. The quantitative estimate of drug-likeness (QED) is 0.336. The highest BCUT2D eigenvalue weighted by Crippen LogP contribution is 2.23. The Morgan fingerprint density at radius 1 is 0.848 bits per heavy atom. The molecular weight excluding hydrogens is 420 g/mol. The number of amides is 3. The van der Waals surface area contributed by atoms with Gasteiger partial charge in [0.25, 0.3) is 17.7 Å². The van der Waals surface area contributed by atoms with Crippen LogP contribution >= 0.6 is 0 Å². The Morgan fingerprint density at radius 3 is 2.06 bits per heavy atom. The van der Waals surface area contributed by atoms with Gasteiger partial charge in [-0.05, 0) is 61.9 Å². The molecule has 0 bridgehead atoms. The summed E-state index contributed by atoms with van der Waals surface area (Å²) in [5, 5.41) is 2.81. The molecule has 33 heavy (non-hydrogen) atoms. The van der Waals surface area contributed by atoms with Gasteiger partial charge in [0.05, 0.1) is 11.1 Å². The van der Waals surface area contributed by atoms with Crippen molar-refractivity contribution in [2.24, 2.45) is 0 Å². The van der Waals surface area contributed by atoms with E-state index in [1.165, 1.54) is 0 Å². The first-order valence-electron chi connectivity index (χ1n) is 10.6. The second kappa shape index (κ2) is 9.48. The molecule has 0 saturated heterocycles. The molecule has 7 heteroatoms. The largest absolute Gasteiger partial charge is 0.427 e. The molecule has 0 spiro atoms. The molecule has 0 radical (unpaired) electrons. The standard InChI is InChI=1S/C26H22N2O5/c1-17-8-12-19(13-9-17)27-24(30)18-10-14-20(15-11-18)33-23(29)7-4-16-28-25(31)21-5-2-3-6-22(21)26(28)32/h2-3,5-6,8-15H,4,7,16H2,1H3,(H,27,30). The molecule has 3 amide bonds. The number of imide groups is 1. The number of nitrogens with one attached hydrogen (secondary N) is 1. The summed E-state index contributed by atoms with van der Waals surface area (Å²) in [5.74, 6) is -1.12. The predicted octanol–water partition coefficient (Wildman–Crippen LogP) is 4.23. The summed E-state index contributed by atoms with van der Waals surface area (Å²) in [5.41, 5.74) is 3.00. The molecule has 3 aromatic carbocycles. The topological polar surface area (TPSA) is 92.8 Å². The zero-order valence-corrected chi connectivity index (χ0v) is 18.0. The normalized spacial score (nSPS) is 12.5. The Labute approximate surface area is 191 Å². The Kier molecular flexibility index (Phi) is 6.31. The number of hydrogen-bond donors (Lipinski definition) is 1. The molecule has 7 nitrogen and oxygen atoms in total. The number of rotatable bonds is 7. The van der Waals surface area contributed by atoms with E-state index in [9.17, 15) is 19.2 Å². The van der Waals surface area contributed by atoms with Gasteiger partial charge in [0.15, 0.2) is 0 Å². The van der Waals surface area contributed by atoms with Crippen LogP contribution in [0.2, 0.25) is 0 Å². The van der Waals surface area contributed by atoms with E-state index < -0.39 is 5.97 Å². The SMILES string of the molecule is Cc1ccc(NC(=O)c2ccc(OC(=O)CCCN3C(=O)c4ccccc4C3=O)cc2)cc1. The molecule has 0 fully saturated rings. The molecule has 0 saturated carbocycles. The van der Waals surface area contributed by atoms with E-state index in [1.807, 2.05) is 31.2 Å². The van der Waals surface area contributed by atoms with Gasteiger partial charge in [-0.1, -0.05) is 29.8 Å². The summed E-state index contributed by atoms with van der Waals surface area (Å²) in [6.45, 7) is 2.11. The van der Waals surface area contributed by atoms with E-state index in [-0.39, 0.29) is 30.7 Å². The molecule has 1 heterocycles. The summed E-state index contributed by atoms with van der Waals surface area (Å²) in [7, 11) is 0. The van der Waals surface area contributed by atoms with Crippen molar-refractivity contribution in [2.75, 3.05) is 11.9 Å². The van der Waals surface area contributed by atoms with Gasteiger partial charge in [-0.2, -0.15) is 0 Å². The molecule has 0 unspecified atom stereocenters. The van der Waals surface area contributed by atoms with Crippen molar-refractivity contribution in [3.63, 3.8) is 0 Å². The number of anilines is 1. The first-order valence-corrected chi connectivity index (χ1v) is 10.6. The van der Waals surface area contributed by atoms with Crippen LogP contribution < -0.4 is 10.1 Å². The maximum absolute atomic E-state index is 12.4. The number of ether oxygens (including phenoxy) is 1. The number of carbonyl (C=O) groups is 4. The van der Waals surface area contributed by atoms with Crippen LogP contribution in [0.15, 0.2) is 72.8 Å². The number of hydrogen-bond acceptors (Lipinski definition) is 5. The second-order valence-electron chi connectivity index (χ2n) is 7.73. The minimum absolute atomic E-state index is 0.0447. The zero-order valence-electron chi connectivity index (χ0n) is 18.0. The zero-order chi connectivity index (χ0) is 23.4. The van der Waals surface area contributed by atoms with Crippen LogP contribution in [0.4, 0.5) is 5.69 Å². The van der Waals surface area contributed by atoms with Crippen LogP contribution in [-0.4, -0.2) is 35.1 Å². The van der Waals surface area contributed by atoms with E-state index >= 15 is 0 Å². The number of aryl methyl sites for hydroxylation is 1. The van der Waals surface area contributed by atoms with Crippen LogP contribution in [0, 0.1) is 6.92 Å². The number of esters is 1. The molecule has 166 valence electrons. The van der Waals surface area contributed by atoms with Crippen molar-refractivity contribution in [2.45, 2.75) is 19.8 Å². The van der Waals surface area contributed by atoms with E-state index in [4.69, 9.17) is 4.74 Å². The Balaban J connectivity index is 1.25. The molecule has 3 aromatic rings. The molecule has 1 N–H and O–H groups in total. The fraction of sp³-hybridized carbons (Fsp3) is 0.154. The van der Waals surface area contributed by atoms with Gasteiger partial charge < -0.3 is 10.1 Å². The monoisotopic (exact) mass is 442 g/mol. The van der Waals surface area contributed by atoms with Crippen LogP contribution in [-0.2, 0) is 4.79 Å². The first kappa shape index (κ1) is 22.0. The predicted molar refractivity (Wildman–Crippen MR) is 122 cm³/mol. The fourth-order valence-corrected chi connectivity index (χ4v) is 3.52. The summed E-state index contributed by atoms with van der Waals surface area (Å²) < 4.78 is 5.30. The number of carbonyl (C=O) groups excluding carboxylic acids is 4. The van der Waals surface area contributed by atoms with Gasteiger partial charge in [-0.25, -0.2) is 0 Å². The minimum atomic E-state index is -0.483. The average Bonchev–Trinajstić information content (AvgIpc) is 3.06. The Bertz CT molecular complexity index is 1180. The van der Waals surface area contributed by atoms with Crippen molar-refractivity contribution < 1.29 is 23.9 Å². The smallest absolute Gasteiger partial charge is 0.311 e. The lowest BCUT2D eigenvalue weighted by molar-refractivity contribution is -0.134. The van der Waals surface area contributed by atoms with Crippen molar-refractivity contribution >= 4 is 29.4 Å². The van der Waals surface area contributed by atoms with Crippen LogP contribution in [0.5, 0.6) is 5.75 Å². The van der Waals surface area contributed by atoms with Gasteiger partial charge in [-0.3, -0.25) is 24.1 Å². The van der Waals surface area contributed by atoms with Crippen LogP contribution in [0.3, 0.4) is 0 Å². The van der Waals surface area contributed by atoms with Crippen LogP contribution in [0.1, 0.15) is 49.5 Å². The minimum Gasteiger partial charge on any atom is -0.427 e. The van der Waals surface area contributed by atoms with Crippen molar-refractivity contribution in [3.05, 3.63) is 95.1 Å². The summed E-state index contributed by atoms with van der Waals surface area (Å²) in [6.07, 6.45) is 0.338. The van der Waals surface area contributed by atoms with Gasteiger partial charge in [-0.15, -0.1) is 0 Å². The second-order valence-corrected chi connectivity index (χ2v) is 7.73. The Morgan fingerprint density at radius 2 is 1.45 bits per heavy atom.